The highest BCUT2D eigenvalue weighted by atomic mass is 16.5. The molecule has 0 atom stereocenters. The first-order valence-corrected chi connectivity index (χ1v) is 6.11. The lowest BCUT2D eigenvalue weighted by atomic mass is 10.3. The van der Waals surface area contributed by atoms with Gasteiger partial charge in [0.05, 0.1) is 6.61 Å². The minimum Gasteiger partial charge on any atom is -0.491 e. The van der Waals surface area contributed by atoms with Gasteiger partial charge < -0.3 is 14.8 Å². The van der Waals surface area contributed by atoms with E-state index in [4.69, 9.17) is 9.47 Å². The molecule has 1 heterocycles. The summed E-state index contributed by atoms with van der Waals surface area (Å²) in [5.41, 5.74) is 0.650. The van der Waals surface area contributed by atoms with Crippen LogP contribution in [0.5, 0.6) is 5.75 Å². The molecule has 2 rings (SSSR count). The first-order chi connectivity index (χ1) is 9.69. The van der Waals surface area contributed by atoms with Crippen LogP contribution in [0, 0.1) is 6.92 Å². The molecule has 0 aliphatic heterocycles. The van der Waals surface area contributed by atoms with Crippen molar-refractivity contribution >= 4 is 11.6 Å². The summed E-state index contributed by atoms with van der Waals surface area (Å²) in [5, 5.41) is 9.11. The number of nitrogens with one attached hydrogen (secondary N) is 2. The summed E-state index contributed by atoms with van der Waals surface area (Å²) in [6.07, 6.45) is 0. The monoisotopic (exact) mass is 276 g/mol. The van der Waals surface area contributed by atoms with Crippen LogP contribution in [0.3, 0.4) is 0 Å². The molecular weight excluding hydrogens is 260 g/mol. The lowest BCUT2D eigenvalue weighted by Crippen LogP contribution is -2.13. The zero-order valence-electron chi connectivity index (χ0n) is 11.3. The Morgan fingerprint density at radius 1 is 1.30 bits per heavy atom. The summed E-state index contributed by atoms with van der Waals surface area (Å²) in [7, 11) is 1.62. The van der Waals surface area contributed by atoms with E-state index in [1.54, 1.807) is 38.3 Å². The molecule has 7 heteroatoms. The third kappa shape index (κ3) is 3.79. The second-order valence-electron chi connectivity index (χ2n) is 4.06. The number of methoxy groups -OCH3 is 1. The van der Waals surface area contributed by atoms with Crippen molar-refractivity contribution in [3.63, 3.8) is 0 Å². The van der Waals surface area contributed by atoms with E-state index in [9.17, 15) is 4.79 Å². The van der Waals surface area contributed by atoms with Crippen LogP contribution >= 0.6 is 0 Å². The van der Waals surface area contributed by atoms with Crippen molar-refractivity contribution in [1.29, 1.82) is 0 Å². The van der Waals surface area contributed by atoms with Gasteiger partial charge in [-0.05, 0) is 31.2 Å². The number of aromatic amines is 1. The predicted molar refractivity (Wildman–Crippen MR) is 72.9 cm³/mol. The van der Waals surface area contributed by atoms with Gasteiger partial charge in [-0.25, -0.2) is 4.98 Å². The van der Waals surface area contributed by atoms with Gasteiger partial charge in [0.25, 0.3) is 5.91 Å². The van der Waals surface area contributed by atoms with E-state index < -0.39 is 0 Å². The molecule has 2 N–H and O–H groups in total. The molecule has 0 saturated heterocycles. The van der Waals surface area contributed by atoms with Crippen LogP contribution in [0.25, 0.3) is 0 Å². The van der Waals surface area contributed by atoms with E-state index >= 15 is 0 Å². The Kier molecular flexibility index (Phi) is 4.67. The third-order valence-electron chi connectivity index (χ3n) is 2.47. The molecule has 0 saturated carbocycles. The second kappa shape index (κ2) is 6.67. The molecule has 0 bridgehead atoms. The molecule has 0 spiro atoms. The van der Waals surface area contributed by atoms with E-state index in [-0.39, 0.29) is 11.7 Å². The number of hydrogen-bond donors (Lipinski definition) is 2. The van der Waals surface area contributed by atoms with Gasteiger partial charge in [0.15, 0.2) is 0 Å². The summed E-state index contributed by atoms with van der Waals surface area (Å²) in [6, 6.07) is 7.04. The first-order valence-electron chi connectivity index (χ1n) is 6.11. The number of aryl methyl sites for hydroxylation is 1. The van der Waals surface area contributed by atoms with E-state index in [1.165, 1.54) is 0 Å². The summed E-state index contributed by atoms with van der Waals surface area (Å²) < 4.78 is 10.3. The lowest BCUT2D eigenvalue weighted by Gasteiger charge is -2.07. The molecule has 0 fully saturated rings. The number of nitrogens with zero attached hydrogens (tertiary/aromatic N) is 2. The number of carbonyl (C=O) groups excluding carboxylic acids is 1. The fourth-order valence-electron chi connectivity index (χ4n) is 1.51. The second-order valence-corrected chi connectivity index (χ2v) is 4.06. The van der Waals surface area contributed by atoms with Crippen molar-refractivity contribution in [3.05, 3.63) is 35.9 Å². The van der Waals surface area contributed by atoms with Gasteiger partial charge in [-0.1, -0.05) is 0 Å². The Balaban J connectivity index is 1.91. The van der Waals surface area contributed by atoms with Crippen LogP contribution in [0.2, 0.25) is 0 Å². The van der Waals surface area contributed by atoms with Crippen LogP contribution in [0.4, 0.5) is 5.69 Å². The van der Waals surface area contributed by atoms with Crippen LogP contribution in [0.15, 0.2) is 24.3 Å². The highest BCUT2D eigenvalue weighted by molar-refractivity contribution is 6.01. The molecule has 7 nitrogen and oxygen atoms in total. The fraction of sp³-hybridized carbons (Fsp3) is 0.308. The van der Waals surface area contributed by atoms with E-state index in [2.05, 4.69) is 20.5 Å². The molecule has 0 unspecified atom stereocenters. The molecule has 1 aromatic carbocycles. The Labute approximate surface area is 116 Å². The largest absolute Gasteiger partial charge is 0.491 e. The molecule has 0 aliphatic carbocycles. The van der Waals surface area contributed by atoms with Crippen molar-refractivity contribution in [2.45, 2.75) is 6.92 Å². The Morgan fingerprint density at radius 2 is 2.05 bits per heavy atom. The number of anilines is 1. The molecule has 106 valence electrons. The topological polar surface area (TPSA) is 89.1 Å². The van der Waals surface area contributed by atoms with Crippen LogP contribution in [0.1, 0.15) is 16.4 Å². The average Bonchev–Trinajstić information content (AvgIpc) is 2.88. The Morgan fingerprint density at radius 3 is 2.65 bits per heavy atom. The number of benzene rings is 1. The van der Waals surface area contributed by atoms with E-state index in [1.807, 2.05) is 0 Å². The number of rotatable bonds is 6. The SMILES string of the molecule is COCCOc1ccc(NC(=O)c2n[nH]c(C)n2)cc1. The van der Waals surface area contributed by atoms with Crippen LogP contribution in [-0.2, 0) is 4.74 Å². The number of amides is 1. The number of aromatic nitrogens is 3. The minimum atomic E-state index is -0.359. The van der Waals surface area contributed by atoms with Gasteiger partial charge in [0.1, 0.15) is 18.2 Å². The predicted octanol–water partition coefficient (Wildman–Crippen LogP) is 1.39. The van der Waals surface area contributed by atoms with Crippen molar-refractivity contribution in [2.75, 3.05) is 25.6 Å². The third-order valence-corrected chi connectivity index (χ3v) is 2.47. The lowest BCUT2D eigenvalue weighted by molar-refractivity contribution is 0.101. The molecule has 1 amide bonds. The fourth-order valence-corrected chi connectivity index (χ4v) is 1.51. The van der Waals surface area contributed by atoms with Crippen LogP contribution in [-0.4, -0.2) is 41.4 Å². The first kappa shape index (κ1) is 14.0. The van der Waals surface area contributed by atoms with Gasteiger partial charge in [0, 0.05) is 12.8 Å². The summed E-state index contributed by atoms with van der Waals surface area (Å²) in [4.78, 5) is 15.8. The zero-order chi connectivity index (χ0) is 14.4. The normalized spacial score (nSPS) is 10.3. The van der Waals surface area contributed by atoms with Gasteiger partial charge >= 0.3 is 0 Å². The van der Waals surface area contributed by atoms with E-state index in [0.717, 1.165) is 0 Å². The average molecular weight is 276 g/mol. The Bertz CT molecular complexity index is 565. The number of H-pyrrole nitrogens is 1. The molecule has 0 radical (unpaired) electrons. The van der Waals surface area contributed by atoms with Crippen molar-refractivity contribution in [3.8, 4) is 5.75 Å². The minimum absolute atomic E-state index is 0.114. The van der Waals surface area contributed by atoms with Gasteiger partial charge in [-0.15, -0.1) is 5.10 Å². The zero-order valence-corrected chi connectivity index (χ0v) is 11.3. The van der Waals surface area contributed by atoms with Crippen molar-refractivity contribution in [1.82, 2.24) is 15.2 Å². The van der Waals surface area contributed by atoms with Gasteiger partial charge in [0.2, 0.25) is 5.82 Å². The quantitative estimate of drug-likeness (QED) is 0.778. The maximum atomic E-state index is 11.8. The highest BCUT2D eigenvalue weighted by Crippen LogP contribution is 2.16. The molecule has 2 aromatic rings. The number of ether oxygens (including phenoxy) is 2. The number of hydrogen-bond acceptors (Lipinski definition) is 5. The van der Waals surface area contributed by atoms with Crippen LogP contribution < -0.4 is 10.1 Å². The molecule has 0 aliphatic rings. The molecule has 20 heavy (non-hydrogen) atoms. The number of carbonyl (C=O) groups is 1. The summed E-state index contributed by atoms with van der Waals surface area (Å²) in [5.74, 6) is 1.07. The van der Waals surface area contributed by atoms with Crippen molar-refractivity contribution < 1.29 is 14.3 Å². The summed E-state index contributed by atoms with van der Waals surface area (Å²) >= 11 is 0. The summed E-state index contributed by atoms with van der Waals surface area (Å²) in [6.45, 7) is 2.75. The van der Waals surface area contributed by atoms with Gasteiger partial charge in [-0.2, -0.15) is 0 Å². The molecule has 1 aromatic heterocycles. The Hall–Kier alpha value is -2.41. The van der Waals surface area contributed by atoms with Crippen molar-refractivity contribution in [2.24, 2.45) is 0 Å². The van der Waals surface area contributed by atoms with Gasteiger partial charge in [-0.3, -0.25) is 9.89 Å². The highest BCUT2D eigenvalue weighted by Gasteiger charge is 2.11. The maximum absolute atomic E-state index is 11.8. The smallest absolute Gasteiger partial charge is 0.295 e. The maximum Gasteiger partial charge on any atom is 0.295 e. The molecular formula is C13H16N4O3. The van der Waals surface area contributed by atoms with E-state index in [0.29, 0.717) is 30.5 Å². The standard InChI is InChI=1S/C13H16N4O3/c1-9-14-12(17-16-9)13(18)15-10-3-5-11(6-4-10)20-8-7-19-2/h3-6H,7-8H2,1-2H3,(H,15,18)(H,14,16,17).